The first kappa shape index (κ1) is 11.9. The lowest BCUT2D eigenvalue weighted by Gasteiger charge is -2.09. The minimum Gasteiger partial charge on any atom is -0.497 e. The molecular weight excluding hydrogens is 206 g/mol. The molecule has 0 atom stereocenters. The average molecular weight is 219 g/mol. The van der Waals surface area contributed by atoms with E-state index in [0.29, 0.717) is 17.1 Å². The molecule has 84 valence electrons. The van der Waals surface area contributed by atoms with Crippen LogP contribution in [0.3, 0.4) is 0 Å². The molecule has 0 aliphatic rings. The molecule has 0 radical (unpaired) electrons. The van der Waals surface area contributed by atoms with E-state index in [-0.39, 0.29) is 12.5 Å². The maximum atomic E-state index is 11.7. The third kappa shape index (κ3) is 2.67. The van der Waals surface area contributed by atoms with E-state index in [1.54, 1.807) is 18.2 Å². The summed E-state index contributed by atoms with van der Waals surface area (Å²) in [6.45, 7) is 0.180. The highest BCUT2D eigenvalue weighted by atomic mass is 16.5. The molecule has 0 unspecified atom stereocenters. The molecule has 0 aliphatic carbocycles. The summed E-state index contributed by atoms with van der Waals surface area (Å²) >= 11 is 0. The molecule has 0 aromatic heterocycles. The number of terminal acetylenes is 1. The number of carbonyl (C=O) groups excluding carboxylic acids is 1. The van der Waals surface area contributed by atoms with Crippen LogP contribution in [0.25, 0.3) is 0 Å². The maximum absolute atomic E-state index is 11.7. The monoisotopic (exact) mass is 219 g/mol. The van der Waals surface area contributed by atoms with Crippen LogP contribution in [-0.4, -0.2) is 26.7 Å². The third-order valence-corrected chi connectivity index (χ3v) is 2.00. The van der Waals surface area contributed by atoms with Crippen LogP contribution in [0.1, 0.15) is 10.4 Å². The van der Waals surface area contributed by atoms with E-state index in [2.05, 4.69) is 11.2 Å². The molecular formula is C12H13NO3. The highest BCUT2D eigenvalue weighted by Gasteiger charge is 2.12. The number of benzene rings is 1. The van der Waals surface area contributed by atoms with Gasteiger partial charge >= 0.3 is 0 Å². The Balaban J connectivity index is 2.99. The van der Waals surface area contributed by atoms with Gasteiger partial charge in [-0.25, -0.2) is 0 Å². The molecule has 0 heterocycles. The molecule has 1 aromatic rings. The molecule has 0 spiro atoms. The van der Waals surface area contributed by atoms with Crippen molar-refractivity contribution in [2.75, 3.05) is 20.8 Å². The van der Waals surface area contributed by atoms with Crippen LogP contribution in [-0.2, 0) is 0 Å². The van der Waals surface area contributed by atoms with Gasteiger partial charge in [0.1, 0.15) is 11.5 Å². The number of amides is 1. The first-order valence-electron chi connectivity index (χ1n) is 4.66. The molecule has 4 nitrogen and oxygen atoms in total. The number of carbonyl (C=O) groups is 1. The fraction of sp³-hybridized carbons (Fsp3) is 0.250. The Labute approximate surface area is 94.6 Å². The van der Waals surface area contributed by atoms with Crippen molar-refractivity contribution in [3.05, 3.63) is 23.8 Å². The Kier molecular flexibility index (Phi) is 4.22. The second kappa shape index (κ2) is 5.66. The van der Waals surface area contributed by atoms with Crippen LogP contribution in [0.15, 0.2) is 18.2 Å². The molecule has 0 saturated carbocycles. The highest BCUT2D eigenvalue weighted by molar-refractivity contribution is 5.97. The van der Waals surface area contributed by atoms with E-state index in [9.17, 15) is 4.79 Å². The molecule has 0 aliphatic heterocycles. The van der Waals surface area contributed by atoms with Crippen LogP contribution in [0.4, 0.5) is 0 Å². The summed E-state index contributed by atoms with van der Waals surface area (Å²) in [6, 6.07) is 4.99. The van der Waals surface area contributed by atoms with Crippen molar-refractivity contribution in [2.24, 2.45) is 0 Å². The lowest BCUT2D eigenvalue weighted by atomic mass is 10.1. The van der Waals surface area contributed by atoms with E-state index in [4.69, 9.17) is 15.9 Å². The normalized spacial score (nSPS) is 9.06. The molecule has 0 saturated heterocycles. The van der Waals surface area contributed by atoms with Gasteiger partial charge in [0.25, 0.3) is 5.91 Å². The van der Waals surface area contributed by atoms with E-state index >= 15 is 0 Å². The van der Waals surface area contributed by atoms with Crippen LogP contribution >= 0.6 is 0 Å². The van der Waals surface area contributed by atoms with Crippen molar-refractivity contribution < 1.29 is 14.3 Å². The Morgan fingerprint density at radius 1 is 1.44 bits per heavy atom. The standard InChI is InChI=1S/C12H13NO3/c1-4-7-13-12(14)10-8-9(15-2)5-6-11(10)16-3/h1,5-6,8H,7H2,2-3H3,(H,13,14). The van der Waals surface area contributed by atoms with Crippen molar-refractivity contribution in [3.63, 3.8) is 0 Å². The maximum Gasteiger partial charge on any atom is 0.255 e. The first-order chi connectivity index (χ1) is 7.72. The zero-order valence-electron chi connectivity index (χ0n) is 9.24. The zero-order chi connectivity index (χ0) is 12.0. The third-order valence-electron chi connectivity index (χ3n) is 2.00. The molecule has 1 aromatic carbocycles. The number of nitrogens with one attached hydrogen (secondary N) is 1. The SMILES string of the molecule is C#CCNC(=O)c1cc(OC)ccc1OC. The lowest BCUT2D eigenvalue weighted by molar-refractivity contribution is 0.0955. The summed E-state index contributed by atoms with van der Waals surface area (Å²) in [5.41, 5.74) is 0.400. The molecule has 16 heavy (non-hydrogen) atoms. The average Bonchev–Trinajstić information content (AvgIpc) is 2.35. The van der Waals surface area contributed by atoms with Gasteiger partial charge in [-0.15, -0.1) is 6.42 Å². The lowest BCUT2D eigenvalue weighted by Crippen LogP contribution is -2.24. The Bertz CT molecular complexity index is 421. The Morgan fingerprint density at radius 2 is 2.19 bits per heavy atom. The van der Waals surface area contributed by atoms with Crippen molar-refractivity contribution in [1.82, 2.24) is 5.32 Å². The molecule has 1 rings (SSSR count). The Hall–Kier alpha value is -2.15. The number of ether oxygens (including phenoxy) is 2. The van der Waals surface area contributed by atoms with Crippen LogP contribution in [0.5, 0.6) is 11.5 Å². The molecule has 0 bridgehead atoms. The second-order valence-corrected chi connectivity index (χ2v) is 2.95. The molecule has 1 N–H and O–H groups in total. The summed E-state index contributed by atoms with van der Waals surface area (Å²) in [7, 11) is 3.03. The molecule has 4 heteroatoms. The zero-order valence-corrected chi connectivity index (χ0v) is 9.24. The van der Waals surface area contributed by atoms with Crippen molar-refractivity contribution in [3.8, 4) is 23.8 Å². The molecule has 0 fully saturated rings. The van der Waals surface area contributed by atoms with E-state index in [1.165, 1.54) is 14.2 Å². The molecule has 1 amide bonds. The summed E-state index contributed by atoms with van der Waals surface area (Å²) in [5, 5.41) is 2.56. The predicted octanol–water partition coefficient (Wildman–Crippen LogP) is 1.07. The predicted molar refractivity (Wildman–Crippen MR) is 60.7 cm³/mol. The van der Waals surface area contributed by atoms with Gasteiger partial charge in [-0.1, -0.05) is 5.92 Å². The highest BCUT2D eigenvalue weighted by Crippen LogP contribution is 2.23. The quantitative estimate of drug-likeness (QED) is 0.770. The van der Waals surface area contributed by atoms with Gasteiger partial charge in [0.15, 0.2) is 0 Å². The fourth-order valence-electron chi connectivity index (χ4n) is 1.22. The van der Waals surface area contributed by atoms with Gasteiger partial charge < -0.3 is 14.8 Å². The smallest absolute Gasteiger partial charge is 0.255 e. The fourth-order valence-corrected chi connectivity index (χ4v) is 1.22. The second-order valence-electron chi connectivity index (χ2n) is 2.95. The number of methoxy groups -OCH3 is 2. The summed E-state index contributed by atoms with van der Waals surface area (Å²) < 4.78 is 10.1. The summed E-state index contributed by atoms with van der Waals surface area (Å²) in [4.78, 5) is 11.7. The van der Waals surface area contributed by atoms with Crippen molar-refractivity contribution >= 4 is 5.91 Å². The van der Waals surface area contributed by atoms with E-state index in [1.807, 2.05) is 0 Å². The first-order valence-corrected chi connectivity index (χ1v) is 4.66. The number of rotatable bonds is 4. The van der Waals surface area contributed by atoms with E-state index in [0.717, 1.165) is 0 Å². The van der Waals surface area contributed by atoms with Crippen LogP contribution in [0.2, 0.25) is 0 Å². The summed E-state index contributed by atoms with van der Waals surface area (Å²) in [6.07, 6.45) is 5.06. The topological polar surface area (TPSA) is 47.6 Å². The van der Waals surface area contributed by atoms with Gasteiger partial charge in [-0.05, 0) is 18.2 Å². The minimum atomic E-state index is -0.284. The van der Waals surface area contributed by atoms with Gasteiger partial charge in [-0.2, -0.15) is 0 Å². The van der Waals surface area contributed by atoms with Gasteiger partial charge in [0.2, 0.25) is 0 Å². The summed E-state index contributed by atoms with van der Waals surface area (Å²) in [5.74, 6) is 3.12. The van der Waals surface area contributed by atoms with E-state index < -0.39 is 0 Å². The van der Waals surface area contributed by atoms with Gasteiger partial charge in [0.05, 0.1) is 26.3 Å². The van der Waals surface area contributed by atoms with Crippen molar-refractivity contribution in [2.45, 2.75) is 0 Å². The van der Waals surface area contributed by atoms with Crippen LogP contribution < -0.4 is 14.8 Å². The largest absolute Gasteiger partial charge is 0.497 e. The Morgan fingerprint density at radius 3 is 2.75 bits per heavy atom. The van der Waals surface area contributed by atoms with Crippen molar-refractivity contribution in [1.29, 1.82) is 0 Å². The van der Waals surface area contributed by atoms with Gasteiger partial charge in [0, 0.05) is 0 Å². The van der Waals surface area contributed by atoms with Gasteiger partial charge in [-0.3, -0.25) is 4.79 Å². The number of hydrogen-bond acceptors (Lipinski definition) is 3. The minimum absolute atomic E-state index is 0.180. The van der Waals surface area contributed by atoms with Crippen LogP contribution in [0, 0.1) is 12.3 Å². The number of hydrogen-bond donors (Lipinski definition) is 1.